The van der Waals surface area contributed by atoms with Crippen LogP contribution in [0.2, 0.25) is 0 Å². The monoisotopic (exact) mass is 404 g/mol. The minimum absolute atomic E-state index is 0.0490. The molecule has 0 bridgehead atoms. The number of amides is 1. The summed E-state index contributed by atoms with van der Waals surface area (Å²) in [5.74, 6) is 0.0490. The average Bonchev–Trinajstić information content (AvgIpc) is 3.21. The van der Waals surface area contributed by atoms with Crippen molar-refractivity contribution in [3.05, 3.63) is 66.1 Å². The number of nitrogens with zero attached hydrogens (tertiary/aromatic N) is 5. The molecular formula is C23H28N6O. The molecule has 0 unspecified atom stereocenters. The van der Waals surface area contributed by atoms with E-state index in [0.717, 1.165) is 60.9 Å². The lowest BCUT2D eigenvalue weighted by atomic mass is 10.1. The Morgan fingerprint density at radius 1 is 0.933 bits per heavy atom. The maximum absolute atomic E-state index is 12.5. The molecule has 1 aromatic carbocycles. The van der Waals surface area contributed by atoms with Crippen molar-refractivity contribution in [3.8, 4) is 11.3 Å². The second-order valence-corrected chi connectivity index (χ2v) is 7.80. The molecule has 0 spiro atoms. The molecule has 1 fully saturated rings. The standard InChI is InChI=1S/C23H28N6O/c1-18-4-3-5-19(2)23(18)26-22(30)16-27-12-14-28(15-13-27)17-29-21(8-11-25-29)20-6-9-24-10-7-20/h3-11H,12-17H2,1-2H3,(H,26,30). The Hall–Kier alpha value is -3.03. The highest BCUT2D eigenvalue weighted by molar-refractivity contribution is 5.93. The summed E-state index contributed by atoms with van der Waals surface area (Å²) >= 11 is 0. The molecule has 0 radical (unpaired) electrons. The summed E-state index contributed by atoms with van der Waals surface area (Å²) < 4.78 is 2.03. The number of hydrogen-bond donors (Lipinski definition) is 1. The van der Waals surface area contributed by atoms with E-state index in [9.17, 15) is 4.79 Å². The third-order valence-electron chi connectivity index (χ3n) is 5.60. The quantitative estimate of drug-likeness (QED) is 0.684. The van der Waals surface area contributed by atoms with Crippen molar-refractivity contribution in [3.63, 3.8) is 0 Å². The molecule has 4 rings (SSSR count). The molecule has 156 valence electrons. The van der Waals surface area contributed by atoms with Crippen LogP contribution >= 0.6 is 0 Å². The number of carbonyl (C=O) groups excluding carboxylic acids is 1. The maximum Gasteiger partial charge on any atom is 0.238 e. The van der Waals surface area contributed by atoms with Gasteiger partial charge in [0.1, 0.15) is 0 Å². The molecule has 0 atom stereocenters. The van der Waals surface area contributed by atoms with Gasteiger partial charge in [0, 0.05) is 56.0 Å². The average molecular weight is 405 g/mol. The summed E-state index contributed by atoms with van der Waals surface area (Å²) in [6.07, 6.45) is 5.44. The summed E-state index contributed by atoms with van der Waals surface area (Å²) in [5, 5.41) is 7.58. The largest absolute Gasteiger partial charge is 0.324 e. The second kappa shape index (κ2) is 9.19. The van der Waals surface area contributed by atoms with Gasteiger partial charge in [-0.15, -0.1) is 0 Å². The number of aromatic nitrogens is 3. The third kappa shape index (κ3) is 4.75. The van der Waals surface area contributed by atoms with Gasteiger partial charge in [-0.2, -0.15) is 5.10 Å². The van der Waals surface area contributed by atoms with Crippen molar-refractivity contribution in [2.24, 2.45) is 0 Å². The van der Waals surface area contributed by atoms with Gasteiger partial charge in [0.2, 0.25) is 5.91 Å². The van der Waals surface area contributed by atoms with E-state index in [1.807, 2.05) is 61.1 Å². The van der Waals surface area contributed by atoms with Crippen LogP contribution in [0.15, 0.2) is 55.0 Å². The van der Waals surface area contributed by atoms with Gasteiger partial charge in [0.15, 0.2) is 0 Å². The van der Waals surface area contributed by atoms with Gasteiger partial charge in [-0.05, 0) is 43.2 Å². The summed E-state index contributed by atoms with van der Waals surface area (Å²) in [6.45, 7) is 8.77. The maximum atomic E-state index is 12.5. The Labute approximate surface area is 177 Å². The number of nitrogens with one attached hydrogen (secondary N) is 1. The predicted octanol–water partition coefficient (Wildman–Crippen LogP) is 2.78. The number of hydrogen-bond acceptors (Lipinski definition) is 5. The zero-order valence-electron chi connectivity index (χ0n) is 17.6. The number of para-hydroxylation sites is 1. The van der Waals surface area contributed by atoms with E-state index in [1.54, 1.807) is 12.4 Å². The number of carbonyl (C=O) groups is 1. The second-order valence-electron chi connectivity index (χ2n) is 7.80. The SMILES string of the molecule is Cc1cccc(C)c1NC(=O)CN1CCN(Cn2nccc2-c2ccncc2)CC1. The van der Waals surface area contributed by atoms with Gasteiger partial charge in [0.25, 0.3) is 0 Å². The topological polar surface area (TPSA) is 66.3 Å². The van der Waals surface area contributed by atoms with Crippen molar-refractivity contribution in [2.75, 3.05) is 38.0 Å². The van der Waals surface area contributed by atoms with Gasteiger partial charge in [-0.25, -0.2) is 0 Å². The van der Waals surface area contributed by atoms with Gasteiger partial charge in [-0.1, -0.05) is 18.2 Å². The number of rotatable bonds is 6. The minimum Gasteiger partial charge on any atom is -0.324 e. The van der Waals surface area contributed by atoms with Crippen LogP contribution in [-0.4, -0.2) is 63.2 Å². The first kappa shape index (κ1) is 20.3. The molecule has 7 heteroatoms. The molecule has 3 heterocycles. The van der Waals surface area contributed by atoms with Crippen LogP contribution in [0.5, 0.6) is 0 Å². The Morgan fingerprint density at radius 3 is 2.30 bits per heavy atom. The van der Waals surface area contributed by atoms with Gasteiger partial charge >= 0.3 is 0 Å². The third-order valence-corrected chi connectivity index (χ3v) is 5.60. The molecule has 2 aromatic heterocycles. The fourth-order valence-corrected chi connectivity index (χ4v) is 3.89. The molecule has 7 nitrogen and oxygen atoms in total. The van der Waals surface area contributed by atoms with Crippen LogP contribution in [0.3, 0.4) is 0 Å². The summed E-state index contributed by atoms with van der Waals surface area (Å²) in [7, 11) is 0. The highest BCUT2D eigenvalue weighted by Crippen LogP contribution is 2.20. The molecule has 0 aliphatic carbocycles. The molecule has 30 heavy (non-hydrogen) atoms. The lowest BCUT2D eigenvalue weighted by molar-refractivity contribution is -0.117. The van der Waals surface area contributed by atoms with Gasteiger partial charge in [0.05, 0.1) is 18.9 Å². The van der Waals surface area contributed by atoms with E-state index in [4.69, 9.17) is 0 Å². The van der Waals surface area contributed by atoms with Gasteiger partial charge in [-0.3, -0.25) is 24.3 Å². The van der Waals surface area contributed by atoms with Crippen molar-refractivity contribution in [1.82, 2.24) is 24.6 Å². The van der Waals surface area contributed by atoms with Crippen LogP contribution in [0.4, 0.5) is 5.69 Å². The smallest absolute Gasteiger partial charge is 0.238 e. The van der Waals surface area contributed by atoms with Crippen LogP contribution in [0.1, 0.15) is 11.1 Å². The lowest BCUT2D eigenvalue weighted by Crippen LogP contribution is -2.49. The Kier molecular flexibility index (Phi) is 6.21. The highest BCUT2D eigenvalue weighted by Gasteiger charge is 2.20. The number of aryl methyl sites for hydroxylation is 2. The zero-order chi connectivity index (χ0) is 20.9. The molecule has 1 amide bonds. The highest BCUT2D eigenvalue weighted by atomic mass is 16.2. The molecule has 0 saturated carbocycles. The zero-order valence-corrected chi connectivity index (χ0v) is 17.6. The summed E-state index contributed by atoms with van der Waals surface area (Å²) in [4.78, 5) is 21.2. The summed E-state index contributed by atoms with van der Waals surface area (Å²) in [6, 6.07) is 12.1. The Morgan fingerprint density at radius 2 is 1.60 bits per heavy atom. The van der Waals surface area contributed by atoms with E-state index in [0.29, 0.717) is 6.54 Å². The first-order chi connectivity index (χ1) is 14.6. The Balaban J connectivity index is 1.29. The van der Waals surface area contributed by atoms with Crippen LogP contribution in [0, 0.1) is 13.8 Å². The van der Waals surface area contributed by atoms with Gasteiger partial charge < -0.3 is 5.32 Å². The van der Waals surface area contributed by atoms with Crippen molar-refractivity contribution in [2.45, 2.75) is 20.5 Å². The normalized spacial score (nSPS) is 15.3. The lowest BCUT2D eigenvalue weighted by Gasteiger charge is -2.34. The molecule has 1 aliphatic rings. The van der Waals surface area contributed by atoms with Crippen LogP contribution in [-0.2, 0) is 11.5 Å². The Bertz CT molecular complexity index is 972. The number of anilines is 1. The van der Waals surface area contributed by atoms with E-state index < -0.39 is 0 Å². The van der Waals surface area contributed by atoms with Crippen molar-refractivity contribution < 1.29 is 4.79 Å². The summed E-state index contributed by atoms with van der Waals surface area (Å²) in [5.41, 5.74) is 5.33. The van der Waals surface area contributed by atoms with E-state index >= 15 is 0 Å². The predicted molar refractivity (Wildman–Crippen MR) is 118 cm³/mol. The molecular weight excluding hydrogens is 376 g/mol. The van der Waals surface area contributed by atoms with Crippen LogP contribution < -0.4 is 5.32 Å². The molecule has 1 aliphatic heterocycles. The van der Waals surface area contributed by atoms with Crippen molar-refractivity contribution in [1.29, 1.82) is 0 Å². The molecule has 1 N–H and O–H groups in total. The van der Waals surface area contributed by atoms with E-state index in [-0.39, 0.29) is 5.91 Å². The molecule has 3 aromatic rings. The minimum atomic E-state index is 0.0490. The first-order valence-corrected chi connectivity index (χ1v) is 10.3. The number of pyridine rings is 1. The van der Waals surface area contributed by atoms with Crippen molar-refractivity contribution >= 4 is 11.6 Å². The first-order valence-electron chi connectivity index (χ1n) is 10.3. The fourth-order valence-electron chi connectivity index (χ4n) is 3.89. The van der Waals surface area contributed by atoms with Crippen LogP contribution in [0.25, 0.3) is 11.3 Å². The molecule has 1 saturated heterocycles. The van der Waals surface area contributed by atoms with E-state index in [2.05, 4.69) is 25.2 Å². The number of piperazine rings is 1. The van der Waals surface area contributed by atoms with E-state index in [1.165, 1.54) is 0 Å². The fraction of sp³-hybridized carbons (Fsp3) is 0.348. The number of benzene rings is 1.